The van der Waals surface area contributed by atoms with Crippen molar-refractivity contribution in [2.75, 3.05) is 0 Å². The summed E-state index contributed by atoms with van der Waals surface area (Å²) in [5.41, 5.74) is 0.978. The molecule has 0 aliphatic rings. The molecule has 1 aromatic rings. The molecule has 0 saturated heterocycles. The van der Waals surface area contributed by atoms with Crippen molar-refractivity contribution in [3.63, 3.8) is 0 Å². The molecular weight excluding hydrogens is 295 g/mol. The molecule has 0 spiro atoms. The Kier molecular flexibility index (Phi) is 6.87. The lowest BCUT2D eigenvalue weighted by Gasteiger charge is -2.21. The van der Waals surface area contributed by atoms with Gasteiger partial charge in [-0.05, 0) is 52.4 Å². The molecule has 2 atom stereocenters. The zero-order valence-corrected chi connectivity index (χ0v) is 12.7. The van der Waals surface area contributed by atoms with Crippen molar-refractivity contribution < 1.29 is 9.50 Å². The minimum absolute atomic E-state index is 0.258. The van der Waals surface area contributed by atoms with E-state index in [1.165, 1.54) is 6.07 Å². The van der Waals surface area contributed by atoms with Crippen LogP contribution in [0.1, 0.15) is 45.1 Å². The Hall–Kier alpha value is -0.410. The number of halogens is 2. The van der Waals surface area contributed by atoms with Gasteiger partial charge in [0.2, 0.25) is 0 Å². The van der Waals surface area contributed by atoms with Gasteiger partial charge in [-0.25, -0.2) is 4.39 Å². The molecule has 0 aliphatic heterocycles. The zero-order chi connectivity index (χ0) is 13.5. The number of aliphatic hydroxyl groups excluding tert-OH is 1. The molecule has 18 heavy (non-hydrogen) atoms. The first-order chi connectivity index (χ1) is 8.58. The second-order valence-electron chi connectivity index (χ2n) is 4.83. The second-order valence-corrected chi connectivity index (χ2v) is 5.68. The lowest BCUT2D eigenvalue weighted by atomic mass is 9.89. The quantitative estimate of drug-likeness (QED) is 0.772. The highest BCUT2D eigenvalue weighted by Crippen LogP contribution is 2.22. The molecule has 0 heterocycles. The fourth-order valence-electron chi connectivity index (χ4n) is 2.21. The largest absolute Gasteiger partial charge is 0.392 e. The third-order valence-electron chi connectivity index (χ3n) is 3.43. The van der Waals surface area contributed by atoms with E-state index in [-0.39, 0.29) is 11.9 Å². The minimum atomic E-state index is -0.334. The number of unbranched alkanes of at least 4 members (excludes halogenated alkanes) is 1. The van der Waals surface area contributed by atoms with Gasteiger partial charge < -0.3 is 5.11 Å². The predicted octanol–water partition coefficient (Wildman–Crippen LogP) is 4.71. The molecule has 102 valence electrons. The van der Waals surface area contributed by atoms with E-state index in [9.17, 15) is 9.50 Å². The number of benzene rings is 1. The fourth-order valence-corrected chi connectivity index (χ4v) is 2.64. The minimum Gasteiger partial charge on any atom is -0.392 e. The van der Waals surface area contributed by atoms with Gasteiger partial charge in [-0.1, -0.05) is 39.2 Å². The van der Waals surface area contributed by atoms with Gasteiger partial charge in [-0.15, -0.1) is 0 Å². The van der Waals surface area contributed by atoms with Crippen molar-refractivity contribution in [2.45, 2.75) is 52.1 Å². The van der Waals surface area contributed by atoms with Crippen molar-refractivity contribution in [3.8, 4) is 0 Å². The molecule has 1 aromatic carbocycles. The first kappa shape index (κ1) is 15.6. The molecule has 2 unspecified atom stereocenters. The van der Waals surface area contributed by atoms with E-state index in [0.29, 0.717) is 16.8 Å². The van der Waals surface area contributed by atoms with Crippen LogP contribution in [-0.4, -0.2) is 11.2 Å². The topological polar surface area (TPSA) is 20.2 Å². The smallest absolute Gasteiger partial charge is 0.137 e. The Morgan fingerprint density at radius 3 is 2.61 bits per heavy atom. The second kappa shape index (κ2) is 7.90. The zero-order valence-electron chi connectivity index (χ0n) is 11.1. The van der Waals surface area contributed by atoms with E-state index in [1.54, 1.807) is 12.1 Å². The first-order valence-electron chi connectivity index (χ1n) is 6.70. The Bertz CT molecular complexity index is 368. The van der Waals surface area contributed by atoms with E-state index < -0.39 is 0 Å². The molecule has 0 bridgehead atoms. The highest BCUT2D eigenvalue weighted by Gasteiger charge is 2.17. The fraction of sp³-hybridized carbons (Fsp3) is 0.600. The summed E-state index contributed by atoms with van der Waals surface area (Å²) >= 11 is 3.18. The number of aliphatic hydroxyl groups is 1. The SMILES string of the molecule is CCCCC(CC)C(O)Cc1ccc(F)c(Br)c1. The van der Waals surface area contributed by atoms with Crippen LogP contribution in [0.3, 0.4) is 0 Å². The van der Waals surface area contributed by atoms with Crippen molar-refractivity contribution in [1.29, 1.82) is 0 Å². The summed E-state index contributed by atoms with van der Waals surface area (Å²) in [4.78, 5) is 0. The van der Waals surface area contributed by atoms with Gasteiger partial charge in [0.1, 0.15) is 5.82 Å². The molecule has 1 N–H and O–H groups in total. The Labute approximate surface area is 118 Å². The van der Waals surface area contributed by atoms with Gasteiger partial charge in [0, 0.05) is 0 Å². The van der Waals surface area contributed by atoms with E-state index in [2.05, 4.69) is 29.8 Å². The first-order valence-corrected chi connectivity index (χ1v) is 7.49. The average Bonchev–Trinajstić information content (AvgIpc) is 2.35. The van der Waals surface area contributed by atoms with Gasteiger partial charge in [-0.2, -0.15) is 0 Å². The van der Waals surface area contributed by atoms with E-state index in [1.807, 2.05) is 0 Å². The number of hydrogen-bond donors (Lipinski definition) is 1. The summed E-state index contributed by atoms with van der Waals surface area (Å²) in [7, 11) is 0. The van der Waals surface area contributed by atoms with Gasteiger partial charge >= 0.3 is 0 Å². The maximum atomic E-state index is 13.1. The standard InChI is InChI=1S/C15H22BrFO/c1-3-5-6-12(4-2)15(18)10-11-7-8-14(17)13(16)9-11/h7-9,12,15,18H,3-6,10H2,1-2H3. The van der Waals surface area contributed by atoms with Crippen LogP contribution in [0, 0.1) is 11.7 Å². The van der Waals surface area contributed by atoms with Gasteiger partial charge in [0.25, 0.3) is 0 Å². The highest BCUT2D eigenvalue weighted by atomic mass is 79.9. The molecular formula is C15H22BrFO. The number of rotatable bonds is 7. The molecule has 0 fully saturated rings. The molecule has 1 rings (SSSR count). The van der Waals surface area contributed by atoms with Crippen LogP contribution in [0.5, 0.6) is 0 Å². The molecule has 0 saturated carbocycles. The van der Waals surface area contributed by atoms with Crippen LogP contribution in [-0.2, 0) is 6.42 Å². The molecule has 1 nitrogen and oxygen atoms in total. The summed E-state index contributed by atoms with van der Waals surface area (Å²) in [5.74, 6) is 0.0834. The van der Waals surface area contributed by atoms with Gasteiger partial charge in [-0.3, -0.25) is 0 Å². The Morgan fingerprint density at radius 1 is 1.33 bits per heavy atom. The van der Waals surface area contributed by atoms with Crippen molar-refractivity contribution in [3.05, 3.63) is 34.1 Å². The predicted molar refractivity (Wildman–Crippen MR) is 77.1 cm³/mol. The molecule has 0 radical (unpaired) electrons. The average molecular weight is 317 g/mol. The molecule has 0 amide bonds. The maximum Gasteiger partial charge on any atom is 0.137 e. The highest BCUT2D eigenvalue weighted by molar-refractivity contribution is 9.10. The lowest BCUT2D eigenvalue weighted by Crippen LogP contribution is -2.22. The Balaban J connectivity index is 2.61. The van der Waals surface area contributed by atoms with Crippen LogP contribution >= 0.6 is 15.9 Å². The Morgan fingerprint density at radius 2 is 2.06 bits per heavy atom. The van der Waals surface area contributed by atoms with Crippen molar-refractivity contribution in [1.82, 2.24) is 0 Å². The van der Waals surface area contributed by atoms with Crippen LogP contribution < -0.4 is 0 Å². The maximum absolute atomic E-state index is 13.1. The van der Waals surface area contributed by atoms with Gasteiger partial charge in [0.05, 0.1) is 10.6 Å². The summed E-state index contributed by atoms with van der Waals surface area (Å²) in [6.45, 7) is 4.28. The lowest BCUT2D eigenvalue weighted by molar-refractivity contribution is 0.0987. The van der Waals surface area contributed by atoms with E-state index >= 15 is 0 Å². The molecule has 3 heteroatoms. The van der Waals surface area contributed by atoms with Crippen LogP contribution in [0.15, 0.2) is 22.7 Å². The van der Waals surface area contributed by atoms with E-state index in [4.69, 9.17) is 0 Å². The van der Waals surface area contributed by atoms with E-state index in [0.717, 1.165) is 31.2 Å². The molecule has 0 aromatic heterocycles. The summed E-state index contributed by atoms with van der Waals surface area (Å²) in [6.07, 6.45) is 4.63. The van der Waals surface area contributed by atoms with Crippen molar-refractivity contribution >= 4 is 15.9 Å². The van der Waals surface area contributed by atoms with Crippen LogP contribution in [0.4, 0.5) is 4.39 Å². The number of hydrogen-bond acceptors (Lipinski definition) is 1. The van der Waals surface area contributed by atoms with Crippen LogP contribution in [0.2, 0.25) is 0 Å². The third kappa shape index (κ3) is 4.69. The monoisotopic (exact) mass is 316 g/mol. The normalized spacial score (nSPS) is 14.5. The summed E-state index contributed by atoms with van der Waals surface area (Å²) < 4.78 is 13.6. The summed E-state index contributed by atoms with van der Waals surface area (Å²) in [5, 5.41) is 10.2. The molecule has 0 aliphatic carbocycles. The summed E-state index contributed by atoms with van der Waals surface area (Å²) in [6, 6.07) is 4.94. The van der Waals surface area contributed by atoms with Crippen molar-refractivity contribution in [2.24, 2.45) is 5.92 Å². The van der Waals surface area contributed by atoms with Crippen LogP contribution in [0.25, 0.3) is 0 Å². The van der Waals surface area contributed by atoms with Gasteiger partial charge in [0.15, 0.2) is 0 Å². The third-order valence-corrected chi connectivity index (χ3v) is 4.03.